The zero-order chi connectivity index (χ0) is 16.0. The Bertz CT molecular complexity index is 917. The molecule has 2 heterocycles. The van der Waals surface area contributed by atoms with Gasteiger partial charge in [0.05, 0.1) is 30.4 Å². The van der Waals surface area contributed by atoms with E-state index in [1.54, 1.807) is 12.0 Å². The molecule has 1 aromatic heterocycles. The summed E-state index contributed by atoms with van der Waals surface area (Å²) < 4.78 is 5.18. The molecule has 4 rings (SSSR count). The molecule has 0 atom stereocenters. The normalized spacial score (nSPS) is 13.5. The van der Waals surface area contributed by atoms with E-state index in [1.165, 1.54) is 0 Å². The Morgan fingerprint density at radius 3 is 2.57 bits per heavy atom. The molecule has 1 amide bonds. The fourth-order valence-electron chi connectivity index (χ4n) is 3.17. The van der Waals surface area contributed by atoms with Gasteiger partial charge in [0.15, 0.2) is 0 Å². The Hall–Kier alpha value is -2.88. The van der Waals surface area contributed by atoms with Crippen LogP contribution >= 0.6 is 0 Å². The van der Waals surface area contributed by atoms with Crippen molar-refractivity contribution in [3.05, 3.63) is 65.4 Å². The molecule has 23 heavy (non-hydrogen) atoms. The van der Waals surface area contributed by atoms with E-state index in [9.17, 15) is 4.79 Å². The number of para-hydroxylation sites is 1. The summed E-state index contributed by atoms with van der Waals surface area (Å²) in [6.45, 7) is 2.50. The number of aromatic nitrogens is 1. The van der Waals surface area contributed by atoms with Crippen molar-refractivity contribution < 1.29 is 9.53 Å². The number of amides is 1. The van der Waals surface area contributed by atoms with Crippen molar-refractivity contribution in [1.29, 1.82) is 0 Å². The molecule has 4 nitrogen and oxygen atoms in total. The summed E-state index contributed by atoms with van der Waals surface area (Å²) in [7, 11) is 1.63. The predicted molar refractivity (Wildman–Crippen MR) is 90.0 cm³/mol. The molecular weight excluding hydrogens is 288 g/mol. The van der Waals surface area contributed by atoms with Crippen LogP contribution in [0.2, 0.25) is 0 Å². The highest BCUT2D eigenvalue weighted by atomic mass is 16.5. The molecule has 0 saturated carbocycles. The molecule has 0 bridgehead atoms. The summed E-state index contributed by atoms with van der Waals surface area (Å²) in [6, 6.07) is 15.5. The van der Waals surface area contributed by atoms with Gasteiger partial charge in [-0.25, -0.2) is 0 Å². The van der Waals surface area contributed by atoms with Crippen LogP contribution in [0.1, 0.15) is 21.6 Å². The summed E-state index contributed by atoms with van der Waals surface area (Å²) in [5.41, 5.74) is 4.39. The fraction of sp³-hybridized carbons (Fsp3) is 0.158. The number of carbonyl (C=O) groups is 1. The van der Waals surface area contributed by atoms with Gasteiger partial charge < -0.3 is 9.64 Å². The van der Waals surface area contributed by atoms with E-state index in [1.807, 2.05) is 55.5 Å². The number of anilines is 1. The number of nitrogens with zero attached hydrogens (tertiary/aromatic N) is 2. The third-order valence-corrected chi connectivity index (χ3v) is 4.38. The van der Waals surface area contributed by atoms with Gasteiger partial charge in [0, 0.05) is 11.1 Å². The molecular formula is C19H16N2O2. The maximum atomic E-state index is 12.9. The highest BCUT2D eigenvalue weighted by molar-refractivity contribution is 6.12. The molecule has 114 valence electrons. The van der Waals surface area contributed by atoms with Crippen LogP contribution < -0.4 is 9.64 Å². The minimum atomic E-state index is 0.0147. The number of benzene rings is 2. The van der Waals surface area contributed by atoms with E-state index in [-0.39, 0.29) is 5.91 Å². The van der Waals surface area contributed by atoms with E-state index in [0.29, 0.717) is 6.54 Å². The second kappa shape index (κ2) is 5.09. The van der Waals surface area contributed by atoms with Gasteiger partial charge in [-0.3, -0.25) is 9.78 Å². The summed E-state index contributed by atoms with van der Waals surface area (Å²) >= 11 is 0. The minimum absolute atomic E-state index is 0.0147. The van der Waals surface area contributed by atoms with Crippen molar-refractivity contribution in [2.24, 2.45) is 0 Å². The predicted octanol–water partition coefficient (Wildman–Crippen LogP) is 3.71. The van der Waals surface area contributed by atoms with Crippen LogP contribution in [0.25, 0.3) is 10.9 Å². The number of fused-ring (bicyclic) bond motifs is 2. The highest BCUT2D eigenvalue weighted by Gasteiger charge is 2.32. The van der Waals surface area contributed by atoms with E-state index in [4.69, 9.17) is 4.74 Å². The van der Waals surface area contributed by atoms with Crippen molar-refractivity contribution in [3.8, 4) is 5.75 Å². The Morgan fingerprint density at radius 2 is 1.83 bits per heavy atom. The number of aryl methyl sites for hydroxylation is 1. The SMILES string of the molecule is COc1ccc(N2Cc3nc4ccccc4c(C)c3C2=O)cc1. The Kier molecular flexibility index (Phi) is 3.05. The lowest BCUT2D eigenvalue weighted by molar-refractivity contribution is 0.0996. The van der Waals surface area contributed by atoms with Crippen LogP contribution in [0.15, 0.2) is 48.5 Å². The number of hydrogen-bond acceptors (Lipinski definition) is 3. The van der Waals surface area contributed by atoms with Crippen LogP contribution in [-0.2, 0) is 6.54 Å². The molecule has 3 aromatic rings. The lowest BCUT2D eigenvalue weighted by Gasteiger charge is -2.15. The summed E-state index contributed by atoms with van der Waals surface area (Å²) in [6.07, 6.45) is 0. The Balaban J connectivity index is 1.81. The number of hydrogen-bond donors (Lipinski definition) is 0. The van der Waals surface area contributed by atoms with Crippen LogP contribution in [0.3, 0.4) is 0 Å². The van der Waals surface area contributed by atoms with Crippen molar-refractivity contribution in [2.45, 2.75) is 13.5 Å². The standard InChI is InChI=1S/C19H16N2O2/c1-12-15-5-3-4-6-16(15)20-17-11-21(19(22)18(12)17)13-7-9-14(23-2)10-8-13/h3-10H,11H2,1-2H3. The number of methoxy groups -OCH3 is 1. The first kappa shape index (κ1) is 13.8. The van der Waals surface area contributed by atoms with Crippen LogP contribution in [0, 0.1) is 6.92 Å². The molecule has 4 heteroatoms. The maximum absolute atomic E-state index is 12.9. The smallest absolute Gasteiger partial charge is 0.260 e. The second-order valence-corrected chi connectivity index (χ2v) is 5.66. The molecule has 1 aliphatic rings. The lowest BCUT2D eigenvalue weighted by atomic mass is 10.0. The molecule has 0 N–H and O–H groups in total. The van der Waals surface area contributed by atoms with Gasteiger partial charge in [-0.05, 0) is 42.8 Å². The fourth-order valence-corrected chi connectivity index (χ4v) is 3.17. The largest absolute Gasteiger partial charge is 0.497 e. The van der Waals surface area contributed by atoms with E-state index >= 15 is 0 Å². The van der Waals surface area contributed by atoms with Crippen molar-refractivity contribution in [1.82, 2.24) is 4.98 Å². The second-order valence-electron chi connectivity index (χ2n) is 5.66. The average molecular weight is 304 g/mol. The van der Waals surface area contributed by atoms with Crippen molar-refractivity contribution in [3.63, 3.8) is 0 Å². The number of pyridine rings is 1. The van der Waals surface area contributed by atoms with Gasteiger partial charge in [-0.15, -0.1) is 0 Å². The first-order valence-electron chi connectivity index (χ1n) is 7.53. The van der Waals surface area contributed by atoms with Crippen molar-refractivity contribution >= 4 is 22.5 Å². The van der Waals surface area contributed by atoms with E-state index in [2.05, 4.69) is 4.98 Å². The van der Waals surface area contributed by atoms with Crippen LogP contribution in [0.4, 0.5) is 5.69 Å². The zero-order valence-electron chi connectivity index (χ0n) is 13.0. The average Bonchev–Trinajstić information content (AvgIpc) is 2.92. The van der Waals surface area contributed by atoms with Gasteiger partial charge in [0.25, 0.3) is 5.91 Å². The van der Waals surface area contributed by atoms with Gasteiger partial charge in [-0.1, -0.05) is 18.2 Å². The number of carbonyl (C=O) groups excluding carboxylic acids is 1. The third kappa shape index (κ3) is 2.06. The van der Waals surface area contributed by atoms with Crippen LogP contribution in [-0.4, -0.2) is 18.0 Å². The summed E-state index contributed by atoms with van der Waals surface area (Å²) in [4.78, 5) is 19.3. The molecule has 0 unspecified atom stereocenters. The number of rotatable bonds is 2. The third-order valence-electron chi connectivity index (χ3n) is 4.38. The molecule has 0 aliphatic carbocycles. The monoisotopic (exact) mass is 304 g/mol. The lowest BCUT2D eigenvalue weighted by Crippen LogP contribution is -2.23. The van der Waals surface area contributed by atoms with Gasteiger partial charge in [0.2, 0.25) is 0 Å². The first-order chi connectivity index (χ1) is 11.2. The zero-order valence-corrected chi connectivity index (χ0v) is 13.0. The molecule has 0 spiro atoms. The van der Waals surface area contributed by atoms with E-state index < -0.39 is 0 Å². The topological polar surface area (TPSA) is 42.4 Å². The van der Waals surface area contributed by atoms with E-state index in [0.717, 1.165) is 39.2 Å². The minimum Gasteiger partial charge on any atom is -0.497 e. The molecule has 1 aliphatic heterocycles. The number of ether oxygens (including phenoxy) is 1. The molecule has 0 radical (unpaired) electrons. The van der Waals surface area contributed by atoms with Gasteiger partial charge in [0.1, 0.15) is 5.75 Å². The van der Waals surface area contributed by atoms with Crippen LogP contribution in [0.5, 0.6) is 5.75 Å². The maximum Gasteiger partial charge on any atom is 0.260 e. The highest BCUT2D eigenvalue weighted by Crippen LogP contribution is 2.33. The molecule has 0 fully saturated rings. The van der Waals surface area contributed by atoms with Gasteiger partial charge in [-0.2, -0.15) is 0 Å². The first-order valence-corrected chi connectivity index (χ1v) is 7.53. The molecule has 2 aromatic carbocycles. The van der Waals surface area contributed by atoms with Crippen molar-refractivity contribution in [2.75, 3.05) is 12.0 Å². The quantitative estimate of drug-likeness (QED) is 0.725. The molecule has 0 saturated heterocycles. The Labute approximate surface area is 134 Å². The Morgan fingerprint density at radius 1 is 1.09 bits per heavy atom. The van der Waals surface area contributed by atoms with Gasteiger partial charge >= 0.3 is 0 Å². The summed E-state index contributed by atoms with van der Waals surface area (Å²) in [5, 5.41) is 1.04. The summed E-state index contributed by atoms with van der Waals surface area (Å²) in [5.74, 6) is 0.791.